The molecule has 1 heterocycles. The summed E-state index contributed by atoms with van der Waals surface area (Å²) in [5.74, 6) is 0.502. The van der Waals surface area contributed by atoms with Gasteiger partial charge in [-0.05, 0) is 29.5 Å². The fraction of sp³-hybridized carbons (Fsp3) is 0.375. The van der Waals surface area contributed by atoms with Crippen molar-refractivity contribution < 1.29 is 0 Å². The standard InChI is InChI=1S/C16H21N3O/c1-11(2)13-4-6-14(7-5-13)15(17)10-19-16(20)8-12(3)9-18-19/h4-9,11,15H,10,17H2,1-3H3. The van der Waals surface area contributed by atoms with Gasteiger partial charge in [-0.1, -0.05) is 38.1 Å². The summed E-state index contributed by atoms with van der Waals surface area (Å²) in [6.45, 7) is 6.55. The molecule has 106 valence electrons. The van der Waals surface area contributed by atoms with Gasteiger partial charge in [0.25, 0.3) is 5.56 Å². The third kappa shape index (κ3) is 3.33. The van der Waals surface area contributed by atoms with Crippen LogP contribution in [0, 0.1) is 6.92 Å². The molecule has 4 heteroatoms. The first kappa shape index (κ1) is 14.5. The predicted molar refractivity (Wildman–Crippen MR) is 80.7 cm³/mol. The average Bonchev–Trinajstić information content (AvgIpc) is 2.42. The lowest BCUT2D eigenvalue weighted by Gasteiger charge is -2.14. The summed E-state index contributed by atoms with van der Waals surface area (Å²) in [4.78, 5) is 11.8. The van der Waals surface area contributed by atoms with E-state index in [0.29, 0.717) is 12.5 Å². The number of hydrogen-bond acceptors (Lipinski definition) is 3. The lowest BCUT2D eigenvalue weighted by atomic mass is 9.99. The van der Waals surface area contributed by atoms with Crippen LogP contribution in [0.3, 0.4) is 0 Å². The van der Waals surface area contributed by atoms with Crippen molar-refractivity contribution in [1.29, 1.82) is 0 Å². The molecule has 0 fully saturated rings. The molecule has 0 amide bonds. The highest BCUT2D eigenvalue weighted by Crippen LogP contribution is 2.18. The molecule has 1 unspecified atom stereocenters. The van der Waals surface area contributed by atoms with Crippen LogP contribution in [-0.2, 0) is 6.54 Å². The number of aromatic nitrogens is 2. The molecule has 2 rings (SSSR count). The van der Waals surface area contributed by atoms with Gasteiger partial charge in [0, 0.05) is 12.1 Å². The average molecular weight is 271 g/mol. The molecule has 0 spiro atoms. The van der Waals surface area contributed by atoms with Crippen LogP contribution in [0.5, 0.6) is 0 Å². The van der Waals surface area contributed by atoms with E-state index < -0.39 is 0 Å². The van der Waals surface area contributed by atoms with Gasteiger partial charge >= 0.3 is 0 Å². The molecule has 0 saturated heterocycles. The summed E-state index contributed by atoms with van der Waals surface area (Å²) >= 11 is 0. The Hall–Kier alpha value is -1.94. The molecule has 0 bridgehead atoms. The summed E-state index contributed by atoms with van der Waals surface area (Å²) in [6, 6.07) is 9.57. The van der Waals surface area contributed by atoms with Crippen LogP contribution in [0.1, 0.15) is 42.5 Å². The van der Waals surface area contributed by atoms with Gasteiger partial charge in [0.1, 0.15) is 0 Å². The third-order valence-electron chi connectivity index (χ3n) is 3.41. The van der Waals surface area contributed by atoms with Crippen LogP contribution in [0.4, 0.5) is 0 Å². The first-order chi connectivity index (χ1) is 9.47. The van der Waals surface area contributed by atoms with Gasteiger partial charge in [0.15, 0.2) is 0 Å². The number of nitrogens with zero attached hydrogens (tertiary/aromatic N) is 2. The van der Waals surface area contributed by atoms with Crippen LogP contribution in [0.25, 0.3) is 0 Å². The van der Waals surface area contributed by atoms with Gasteiger partial charge in [-0.15, -0.1) is 0 Å². The molecule has 1 aromatic heterocycles. The normalized spacial score (nSPS) is 12.7. The molecule has 0 radical (unpaired) electrons. The van der Waals surface area contributed by atoms with Crippen LogP contribution in [0.15, 0.2) is 41.3 Å². The molecule has 0 aliphatic carbocycles. The quantitative estimate of drug-likeness (QED) is 0.928. The molecule has 2 N–H and O–H groups in total. The largest absolute Gasteiger partial charge is 0.322 e. The Balaban J connectivity index is 2.15. The second kappa shape index (κ2) is 6.01. The highest BCUT2D eigenvalue weighted by Gasteiger charge is 2.09. The van der Waals surface area contributed by atoms with Gasteiger partial charge in [-0.3, -0.25) is 4.79 Å². The van der Waals surface area contributed by atoms with Crippen LogP contribution in [-0.4, -0.2) is 9.78 Å². The summed E-state index contributed by atoms with van der Waals surface area (Å²) in [5.41, 5.74) is 9.21. The smallest absolute Gasteiger partial charge is 0.267 e. The van der Waals surface area contributed by atoms with E-state index in [-0.39, 0.29) is 11.6 Å². The Labute approximate surface area is 119 Å². The maximum absolute atomic E-state index is 11.8. The first-order valence-electron chi connectivity index (χ1n) is 6.86. The lowest BCUT2D eigenvalue weighted by Crippen LogP contribution is -2.28. The summed E-state index contributed by atoms with van der Waals surface area (Å²) in [7, 11) is 0. The molecule has 0 saturated carbocycles. The molecule has 0 aliphatic heterocycles. The maximum atomic E-state index is 11.8. The second-order valence-electron chi connectivity index (χ2n) is 5.48. The molecule has 1 aromatic carbocycles. The van der Waals surface area contributed by atoms with Crippen molar-refractivity contribution in [1.82, 2.24) is 9.78 Å². The molecule has 0 aliphatic rings. The van der Waals surface area contributed by atoms with Crippen molar-refractivity contribution in [3.8, 4) is 0 Å². The number of hydrogen-bond donors (Lipinski definition) is 1. The first-order valence-corrected chi connectivity index (χ1v) is 6.86. The predicted octanol–water partition coefficient (Wildman–Crippen LogP) is 2.38. The van der Waals surface area contributed by atoms with Crippen LogP contribution in [0.2, 0.25) is 0 Å². The summed E-state index contributed by atoms with van der Waals surface area (Å²) < 4.78 is 1.41. The maximum Gasteiger partial charge on any atom is 0.267 e. The third-order valence-corrected chi connectivity index (χ3v) is 3.41. The Kier molecular flexibility index (Phi) is 4.35. The van der Waals surface area contributed by atoms with Crippen LogP contribution >= 0.6 is 0 Å². The highest BCUT2D eigenvalue weighted by molar-refractivity contribution is 5.26. The van der Waals surface area contributed by atoms with Crippen LogP contribution < -0.4 is 11.3 Å². The Morgan fingerprint density at radius 3 is 2.35 bits per heavy atom. The van der Waals surface area contributed by atoms with E-state index in [0.717, 1.165) is 11.1 Å². The summed E-state index contributed by atoms with van der Waals surface area (Å²) in [5, 5.41) is 4.11. The second-order valence-corrected chi connectivity index (χ2v) is 5.48. The van der Waals surface area contributed by atoms with E-state index in [9.17, 15) is 4.79 Å². The SMILES string of the molecule is Cc1cnn(CC(N)c2ccc(C(C)C)cc2)c(=O)c1. The molecular formula is C16H21N3O. The van der Waals surface area contributed by atoms with E-state index in [1.807, 2.05) is 19.1 Å². The number of nitrogens with two attached hydrogens (primary N) is 1. The van der Waals surface area contributed by atoms with Crippen molar-refractivity contribution in [3.05, 3.63) is 63.6 Å². The number of benzene rings is 1. The fourth-order valence-corrected chi connectivity index (χ4v) is 2.08. The van der Waals surface area contributed by atoms with Gasteiger partial charge in [-0.25, -0.2) is 4.68 Å². The molecule has 20 heavy (non-hydrogen) atoms. The van der Waals surface area contributed by atoms with Crippen molar-refractivity contribution in [3.63, 3.8) is 0 Å². The highest BCUT2D eigenvalue weighted by atomic mass is 16.1. The zero-order valence-electron chi connectivity index (χ0n) is 12.2. The van der Waals surface area contributed by atoms with E-state index in [1.54, 1.807) is 12.3 Å². The van der Waals surface area contributed by atoms with Gasteiger partial charge < -0.3 is 5.73 Å². The fourth-order valence-electron chi connectivity index (χ4n) is 2.08. The summed E-state index contributed by atoms with van der Waals surface area (Å²) in [6.07, 6.45) is 1.68. The van der Waals surface area contributed by atoms with Crippen molar-refractivity contribution >= 4 is 0 Å². The molecular weight excluding hydrogens is 250 g/mol. The Morgan fingerprint density at radius 2 is 1.80 bits per heavy atom. The minimum atomic E-state index is -0.232. The van der Waals surface area contributed by atoms with E-state index >= 15 is 0 Å². The van der Waals surface area contributed by atoms with Gasteiger partial charge in [0.05, 0.1) is 12.7 Å². The van der Waals surface area contributed by atoms with Gasteiger partial charge in [0.2, 0.25) is 0 Å². The van der Waals surface area contributed by atoms with E-state index in [4.69, 9.17) is 5.73 Å². The van der Waals surface area contributed by atoms with Crippen molar-refractivity contribution in [2.24, 2.45) is 5.73 Å². The number of rotatable bonds is 4. The molecule has 4 nitrogen and oxygen atoms in total. The zero-order chi connectivity index (χ0) is 14.7. The zero-order valence-corrected chi connectivity index (χ0v) is 12.2. The number of aryl methyl sites for hydroxylation is 1. The Bertz CT molecular complexity index is 629. The minimum Gasteiger partial charge on any atom is -0.322 e. The van der Waals surface area contributed by atoms with E-state index in [2.05, 4.69) is 31.1 Å². The Morgan fingerprint density at radius 1 is 1.20 bits per heavy atom. The minimum absolute atomic E-state index is 0.112. The van der Waals surface area contributed by atoms with Crippen molar-refractivity contribution in [2.45, 2.75) is 39.3 Å². The van der Waals surface area contributed by atoms with Crippen molar-refractivity contribution in [2.75, 3.05) is 0 Å². The lowest BCUT2D eigenvalue weighted by molar-refractivity contribution is 0.502. The molecule has 1 atom stereocenters. The monoisotopic (exact) mass is 271 g/mol. The topological polar surface area (TPSA) is 60.9 Å². The van der Waals surface area contributed by atoms with Gasteiger partial charge in [-0.2, -0.15) is 5.10 Å². The molecule has 2 aromatic rings. The van der Waals surface area contributed by atoms with E-state index in [1.165, 1.54) is 10.2 Å².